The number of nitriles is 3. The van der Waals surface area contributed by atoms with Gasteiger partial charge in [0.25, 0.3) is 0 Å². The highest BCUT2D eigenvalue weighted by atomic mass is 79.9. The van der Waals surface area contributed by atoms with Crippen molar-refractivity contribution in [1.29, 1.82) is 15.8 Å². The maximum atomic E-state index is 13.9. The highest BCUT2D eigenvalue weighted by Crippen LogP contribution is 2.41. The van der Waals surface area contributed by atoms with Crippen molar-refractivity contribution >= 4 is 146 Å². The summed E-state index contributed by atoms with van der Waals surface area (Å²) in [5, 5.41) is 54.2. The molecule has 0 spiro atoms. The third-order valence-electron chi connectivity index (χ3n) is 13.3. The smallest absolute Gasteiger partial charge is 0.444 e. The van der Waals surface area contributed by atoms with E-state index >= 15 is 0 Å². The van der Waals surface area contributed by atoms with E-state index in [9.17, 15) is 48.0 Å². The number of rotatable bonds is 6. The fourth-order valence-electron chi connectivity index (χ4n) is 8.78. The van der Waals surface area contributed by atoms with Crippen LogP contribution in [0.5, 0.6) is 0 Å². The topological polar surface area (TPSA) is 364 Å². The lowest BCUT2D eigenvalue weighted by molar-refractivity contribution is 0.0546. The summed E-state index contributed by atoms with van der Waals surface area (Å²) in [4.78, 5) is 39.7. The van der Waals surface area contributed by atoms with Crippen LogP contribution in [0.4, 0.5) is 22.8 Å². The second-order valence-corrected chi connectivity index (χ2v) is 34.1. The van der Waals surface area contributed by atoms with E-state index in [1.165, 1.54) is 73.4 Å². The average molecular weight is 1550 g/mol. The van der Waals surface area contributed by atoms with Gasteiger partial charge in [0.05, 0.1) is 57.5 Å². The van der Waals surface area contributed by atoms with Crippen LogP contribution in [0.2, 0.25) is 0 Å². The molecular formula is C59H65BBrCl2F3N12O12S6. The number of amides is 2. The molecule has 3 aromatic carbocycles. The van der Waals surface area contributed by atoms with Crippen molar-refractivity contribution in [3.63, 3.8) is 0 Å². The summed E-state index contributed by atoms with van der Waals surface area (Å²) < 4.78 is 129. The minimum Gasteiger partial charge on any atom is -0.444 e. The van der Waals surface area contributed by atoms with Gasteiger partial charge in [-0.15, -0.1) is 57.2 Å². The molecule has 6 aromatic rings. The van der Waals surface area contributed by atoms with Gasteiger partial charge in [-0.25, -0.2) is 75.9 Å². The molecule has 0 saturated carbocycles. The first kappa shape index (κ1) is 79.4. The van der Waals surface area contributed by atoms with Gasteiger partial charge in [0.2, 0.25) is 47.9 Å². The van der Waals surface area contributed by atoms with Gasteiger partial charge in [-0.1, -0.05) is 0 Å². The number of nitrogens with two attached hydrogens (primary N) is 1. The number of alkyl carbamates (subject to hydrolysis) is 2. The standard InChI is InChI=1S/C21H23FN4O4S2.C16H15FN4O2S2.C14H20BrN3O4S2.C7H5BFNO2.CH2Cl2/c1-20(2,3)30-19(27)24-18-25-21(4,12-32(28,29)26(18)5)17-9-15(11-31-17)14-6-13(10-23)7-16(22)8-14;1-16(9-25(22,23)21(2)15(19)20-16)14-6-12(8-24-14)11-3-10(7-18)4-13(17)5-11;1-13(2,3)22-12(19)16-11-17-14(4,8-24(20,21)18(11)5)10-6-9(15)7-23-10;9-7-2-5(4-10)1-6(3-7)8(11)12;2-1-3/h6-9,11H,12H2,1-5H3,(H,24,25,27);3-6,8H,9H2,1-2H3,(H2,19,20);6-7H,8H2,1-5H3,(H,16,17,19);1-3,11-12H;1H2/t21-;16-;14-;;/m000../s1. The molecule has 0 radical (unpaired) electrons. The summed E-state index contributed by atoms with van der Waals surface area (Å²) in [6.07, 6.45) is -1.57. The number of nitrogens with zero attached hydrogens (tertiary/aromatic N) is 9. The summed E-state index contributed by atoms with van der Waals surface area (Å²) >= 11 is 16.9. The van der Waals surface area contributed by atoms with Crippen molar-refractivity contribution in [3.05, 3.63) is 142 Å². The number of nitrogens with one attached hydrogen (secondary N) is 2. The Morgan fingerprint density at radius 3 is 1.26 bits per heavy atom. The third-order valence-corrected chi connectivity index (χ3v) is 23.4. The maximum absolute atomic E-state index is 13.9. The number of benzene rings is 3. The summed E-state index contributed by atoms with van der Waals surface area (Å²) in [6, 6.07) is 22.1. The van der Waals surface area contributed by atoms with Gasteiger partial charge in [0.15, 0.2) is 0 Å². The van der Waals surface area contributed by atoms with Gasteiger partial charge >= 0.3 is 19.3 Å². The number of carbonyl (C=O) groups is 2. The SMILES string of the molecule is CN1C(N)=N[C@](C)(c2cc(-c3cc(F)cc(C#N)c3)cs2)CS1(=O)=O.CN1C(NC(=O)OC(C)(C)C)=N[C@](C)(c2cc(-c3cc(F)cc(C#N)c3)cs2)CS1(=O)=O.CN1C(NC(=O)OC(C)(C)C)=N[C@](C)(c2cc(Br)cs2)CS1(=O)=O.ClCCl.N#Cc1cc(F)cc(B(O)O)c1. The van der Waals surface area contributed by atoms with Crippen LogP contribution in [0.25, 0.3) is 22.3 Å². The van der Waals surface area contributed by atoms with Gasteiger partial charge in [-0.2, -0.15) is 15.8 Å². The number of halogens is 6. The first-order valence-corrected chi connectivity index (χ1v) is 37.1. The van der Waals surface area contributed by atoms with Crippen LogP contribution < -0.4 is 21.8 Å². The number of aliphatic imine (C=N–C) groups is 3. The normalized spacial score (nSPS) is 19.8. The molecule has 3 aliphatic rings. The lowest BCUT2D eigenvalue weighted by Crippen LogP contribution is -2.53. The van der Waals surface area contributed by atoms with Crippen LogP contribution in [-0.2, 0) is 56.2 Å². The van der Waals surface area contributed by atoms with E-state index in [1.807, 2.05) is 23.6 Å². The second kappa shape index (κ2) is 31.5. The van der Waals surface area contributed by atoms with Gasteiger partial charge in [0, 0.05) is 45.6 Å². The molecule has 9 rings (SSSR count). The molecule has 3 aliphatic heterocycles. The van der Waals surface area contributed by atoms with E-state index < -0.39 is 94.6 Å². The molecule has 514 valence electrons. The molecule has 0 fully saturated rings. The third kappa shape index (κ3) is 21.3. The molecule has 6 heterocycles. The predicted molar refractivity (Wildman–Crippen MR) is 370 cm³/mol. The van der Waals surface area contributed by atoms with E-state index in [-0.39, 0.29) is 62.6 Å². The Bertz CT molecular complexity index is 4490. The summed E-state index contributed by atoms with van der Waals surface area (Å²) in [5.41, 5.74) is 3.95. The van der Waals surface area contributed by atoms with Crippen LogP contribution in [0, 0.1) is 51.4 Å². The van der Waals surface area contributed by atoms with Crippen LogP contribution >= 0.6 is 73.1 Å². The number of alkyl halides is 2. The molecule has 2 amide bonds. The Balaban J connectivity index is 0.000000237. The largest absolute Gasteiger partial charge is 0.488 e. The van der Waals surface area contributed by atoms with Crippen LogP contribution in [0.3, 0.4) is 0 Å². The summed E-state index contributed by atoms with van der Waals surface area (Å²) in [5.74, 6) is -2.67. The zero-order valence-corrected chi connectivity index (χ0v) is 61.4. The molecule has 24 nitrogen and oxygen atoms in total. The number of hydrogen-bond acceptors (Lipinski definition) is 22. The maximum Gasteiger partial charge on any atom is 0.488 e. The molecule has 0 saturated heterocycles. The highest BCUT2D eigenvalue weighted by Gasteiger charge is 2.45. The average Bonchev–Trinajstić information content (AvgIpc) is 1.35. The fourth-order valence-corrected chi connectivity index (χ4v) is 17.0. The quantitative estimate of drug-likeness (QED) is 0.0765. The molecule has 6 N–H and O–H groups in total. The van der Waals surface area contributed by atoms with Crippen molar-refractivity contribution in [3.8, 4) is 40.5 Å². The first-order valence-electron chi connectivity index (χ1n) is 27.7. The van der Waals surface area contributed by atoms with Gasteiger partial charge in [-0.05, 0) is 190 Å². The van der Waals surface area contributed by atoms with E-state index in [0.29, 0.717) is 32.0 Å². The van der Waals surface area contributed by atoms with E-state index in [1.54, 1.807) is 103 Å². The Labute approximate surface area is 585 Å². The minimum atomic E-state index is -3.79. The zero-order chi connectivity index (χ0) is 72.5. The Kier molecular flexibility index (Phi) is 26.0. The zero-order valence-electron chi connectivity index (χ0n) is 53.4. The predicted octanol–water partition coefficient (Wildman–Crippen LogP) is 9.71. The molecule has 0 aliphatic carbocycles. The van der Waals surface area contributed by atoms with Crippen molar-refractivity contribution in [2.75, 3.05) is 43.7 Å². The molecule has 0 unspecified atom stereocenters. The summed E-state index contributed by atoms with van der Waals surface area (Å²) in [7, 11) is -8.69. The van der Waals surface area contributed by atoms with Crippen molar-refractivity contribution < 1.29 is 67.5 Å². The number of carbonyl (C=O) groups excluding carboxylic acids is 2. The first-order chi connectivity index (χ1) is 44.2. The van der Waals surface area contributed by atoms with Crippen molar-refractivity contribution in [2.24, 2.45) is 20.7 Å². The lowest BCUT2D eigenvalue weighted by Gasteiger charge is -2.35. The molecule has 37 heteroatoms. The Morgan fingerprint density at radius 2 is 0.927 bits per heavy atom. The number of sulfonamides is 3. The molecular weight excluding hydrogens is 1480 g/mol. The van der Waals surface area contributed by atoms with Gasteiger partial charge in [-0.3, -0.25) is 10.6 Å². The Morgan fingerprint density at radius 1 is 0.594 bits per heavy atom. The van der Waals surface area contributed by atoms with Gasteiger partial charge < -0.3 is 25.3 Å². The number of ether oxygens (including phenoxy) is 2. The number of thiophene rings is 3. The lowest BCUT2D eigenvalue weighted by atomic mass is 9.79. The van der Waals surface area contributed by atoms with E-state index in [0.717, 1.165) is 46.5 Å². The van der Waals surface area contributed by atoms with E-state index in [2.05, 4.69) is 41.5 Å². The minimum absolute atomic E-state index is 0.0217. The second-order valence-electron chi connectivity index (χ2n) is 23.7. The van der Waals surface area contributed by atoms with Crippen LogP contribution in [-0.4, -0.2) is 140 Å². The number of guanidine groups is 3. The monoisotopic (exact) mass is 1540 g/mol. The van der Waals surface area contributed by atoms with Crippen LogP contribution in [0.1, 0.15) is 93.6 Å². The Hall–Kier alpha value is -7.34. The van der Waals surface area contributed by atoms with Crippen LogP contribution in [0.15, 0.2) is 108 Å². The van der Waals surface area contributed by atoms with Crippen molar-refractivity contribution in [2.45, 2.75) is 90.1 Å². The molecule has 3 aromatic heterocycles. The molecule has 0 bridgehead atoms. The van der Waals surface area contributed by atoms with Gasteiger partial charge in [0.1, 0.15) is 45.3 Å². The van der Waals surface area contributed by atoms with Crippen molar-refractivity contribution in [1.82, 2.24) is 23.5 Å². The number of hydrogen-bond donors (Lipinski definition) is 5. The highest BCUT2D eigenvalue weighted by molar-refractivity contribution is 9.10. The summed E-state index contributed by atoms with van der Waals surface area (Å²) in [6.45, 7) is 15.3. The fraction of sp³-hybridized carbons (Fsp3) is 0.356. The van der Waals surface area contributed by atoms with E-state index in [4.69, 9.17) is 64.2 Å². The molecule has 3 atom stereocenters. The molecule has 96 heavy (non-hydrogen) atoms.